The van der Waals surface area contributed by atoms with Gasteiger partial charge in [0.2, 0.25) is 0 Å². The average Bonchev–Trinajstić information content (AvgIpc) is 2.70. The zero-order valence-electron chi connectivity index (χ0n) is 10.9. The molecule has 1 saturated heterocycles. The zero-order chi connectivity index (χ0) is 11.9. The molecule has 0 amide bonds. The van der Waals surface area contributed by atoms with Gasteiger partial charge in [0.25, 0.3) is 0 Å². The van der Waals surface area contributed by atoms with E-state index in [1.807, 2.05) is 6.92 Å². The van der Waals surface area contributed by atoms with E-state index in [1.54, 1.807) is 7.11 Å². The van der Waals surface area contributed by atoms with E-state index in [9.17, 15) is 0 Å². The van der Waals surface area contributed by atoms with Gasteiger partial charge in [-0.25, -0.2) is 0 Å². The maximum absolute atomic E-state index is 5.56. The van der Waals surface area contributed by atoms with Gasteiger partial charge in [0.05, 0.1) is 40.0 Å². The minimum absolute atomic E-state index is 0.133. The van der Waals surface area contributed by atoms with Crippen molar-refractivity contribution in [2.75, 3.05) is 53.6 Å². The number of hydrogen-bond donors (Lipinski definition) is 0. The highest BCUT2D eigenvalue weighted by Crippen LogP contribution is 2.15. The third-order valence-electron chi connectivity index (χ3n) is 3.33. The summed E-state index contributed by atoms with van der Waals surface area (Å²) in [5, 5.41) is 0. The molecule has 4 heteroatoms. The highest BCUT2D eigenvalue weighted by Gasteiger charge is 2.25. The van der Waals surface area contributed by atoms with E-state index in [2.05, 4.69) is 7.05 Å². The van der Waals surface area contributed by atoms with Crippen LogP contribution in [-0.4, -0.2) is 64.4 Å². The van der Waals surface area contributed by atoms with Crippen LogP contribution in [0, 0.1) is 0 Å². The molecule has 0 radical (unpaired) electrons. The van der Waals surface area contributed by atoms with Crippen molar-refractivity contribution >= 4 is 0 Å². The van der Waals surface area contributed by atoms with Crippen molar-refractivity contribution in [1.29, 1.82) is 0 Å². The van der Waals surface area contributed by atoms with Crippen molar-refractivity contribution in [2.24, 2.45) is 0 Å². The van der Waals surface area contributed by atoms with Crippen molar-refractivity contribution in [2.45, 2.75) is 26.1 Å². The van der Waals surface area contributed by atoms with Crippen LogP contribution >= 0.6 is 0 Å². The van der Waals surface area contributed by atoms with E-state index in [-0.39, 0.29) is 6.29 Å². The second kappa shape index (κ2) is 7.22. The highest BCUT2D eigenvalue weighted by atomic mass is 16.7. The Hall–Kier alpha value is -0.160. The molecule has 0 aromatic rings. The lowest BCUT2D eigenvalue weighted by atomic mass is 10.4. The topological polar surface area (TPSA) is 27.7 Å². The minimum atomic E-state index is -0.133. The minimum Gasteiger partial charge on any atom is -0.373 e. The quantitative estimate of drug-likeness (QED) is 0.358. The van der Waals surface area contributed by atoms with Crippen molar-refractivity contribution < 1.29 is 18.7 Å². The Morgan fingerprint density at radius 2 is 1.81 bits per heavy atom. The van der Waals surface area contributed by atoms with Crippen molar-refractivity contribution in [3.05, 3.63) is 0 Å². The molecule has 1 aliphatic heterocycles. The monoisotopic (exact) mass is 232 g/mol. The van der Waals surface area contributed by atoms with Gasteiger partial charge in [-0.05, 0) is 6.92 Å². The van der Waals surface area contributed by atoms with Crippen LogP contribution in [0.5, 0.6) is 0 Å². The zero-order valence-corrected chi connectivity index (χ0v) is 10.9. The number of methoxy groups -OCH3 is 1. The largest absolute Gasteiger partial charge is 0.373 e. The molecular formula is C12H26NO3+. The van der Waals surface area contributed by atoms with Crippen LogP contribution in [0.15, 0.2) is 0 Å². The number of hydrogen-bond acceptors (Lipinski definition) is 3. The number of quaternary nitrogens is 1. The summed E-state index contributed by atoms with van der Waals surface area (Å²) in [6.45, 7) is 7.73. The van der Waals surface area contributed by atoms with E-state index in [1.165, 1.54) is 30.4 Å². The average molecular weight is 232 g/mol. The Morgan fingerprint density at radius 1 is 1.12 bits per heavy atom. The summed E-state index contributed by atoms with van der Waals surface area (Å²) in [4.78, 5) is 0. The molecule has 0 spiro atoms. The molecule has 0 aliphatic carbocycles. The predicted molar refractivity (Wildman–Crippen MR) is 63.3 cm³/mol. The molecular weight excluding hydrogens is 206 g/mol. The number of nitrogens with zero attached hydrogens (tertiary/aromatic N) is 1. The van der Waals surface area contributed by atoms with E-state index >= 15 is 0 Å². The van der Waals surface area contributed by atoms with Crippen LogP contribution in [0.4, 0.5) is 0 Å². The number of rotatable bonds is 8. The highest BCUT2D eigenvalue weighted by molar-refractivity contribution is 4.51. The first kappa shape index (κ1) is 13.9. The maximum atomic E-state index is 5.56. The second-order valence-corrected chi connectivity index (χ2v) is 4.78. The lowest BCUT2D eigenvalue weighted by Crippen LogP contribution is -2.43. The fraction of sp³-hybridized carbons (Fsp3) is 1.00. The number of likely N-dealkylation sites (tertiary alicyclic amines) is 1. The first-order chi connectivity index (χ1) is 7.66. The summed E-state index contributed by atoms with van der Waals surface area (Å²) in [6.07, 6.45) is 2.60. The van der Waals surface area contributed by atoms with E-state index in [4.69, 9.17) is 14.2 Å². The van der Waals surface area contributed by atoms with Gasteiger partial charge >= 0.3 is 0 Å². The molecule has 1 rings (SSSR count). The fourth-order valence-corrected chi connectivity index (χ4v) is 2.05. The number of ether oxygens (including phenoxy) is 3. The van der Waals surface area contributed by atoms with E-state index < -0.39 is 0 Å². The van der Waals surface area contributed by atoms with Gasteiger partial charge in [-0.2, -0.15) is 0 Å². The van der Waals surface area contributed by atoms with Gasteiger partial charge in [0, 0.05) is 20.0 Å². The molecule has 1 fully saturated rings. The summed E-state index contributed by atoms with van der Waals surface area (Å²) in [5.74, 6) is 0. The van der Waals surface area contributed by atoms with E-state index in [0.717, 1.165) is 13.2 Å². The smallest absolute Gasteiger partial charge is 0.154 e. The normalized spacial score (nSPS) is 21.2. The molecule has 0 bridgehead atoms. The molecule has 0 saturated carbocycles. The van der Waals surface area contributed by atoms with Crippen molar-refractivity contribution in [1.82, 2.24) is 0 Å². The summed E-state index contributed by atoms with van der Waals surface area (Å²) in [6, 6.07) is 0. The van der Waals surface area contributed by atoms with Gasteiger partial charge in [0.15, 0.2) is 6.29 Å². The van der Waals surface area contributed by atoms with Crippen LogP contribution < -0.4 is 0 Å². The Bertz CT molecular complexity index is 181. The Labute approximate surface area is 99.1 Å². The molecule has 96 valence electrons. The van der Waals surface area contributed by atoms with Crippen LogP contribution in [0.1, 0.15) is 19.8 Å². The molecule has 0 N–H and O–H groups in total. The third-order valence-corrected chi connectivity index (χ3v) is 3.33. The SMILES string of the molecule is COC(C)OCCOCC[N+]1(C)CCCC1. The van der Waals surface area contributed by atoms with Crippen LogP contribution in [0.25, 0.3) is 0 Å². The molecule has 1 atom stereocenters. The summed E-state index contributed by atoms with van der Waals surface area (Å²) < 4.78 is 17.0. The predicted octanol–water partition coefficient (Wildman–Crippen LogP) is 1.25. The van der Waals surface area contributed by atoms with E-state index in [0.29, 0.717) is 13.2 Å². The van der Waals surface area contributed by atoms with Gasteiger partial charge < -0.3 is 18.7 Å². The van der Waals surface area contributed by atoms with Gasteiger partial charge in [-0.1, -0.05) is 0 Å². The molecule has 4 nitrogen and oxygen atoms in total. The van der Waals surface area contributed by atoms with Crippen LogP contribution in [-0.2, 0) is 14.2 Å². The molecule has 0 aromatic heterocycles. The second-order valence-electron chi connectivity index (χ2n) is 4.78. The first-order valence-corrected chi connectivity index (χ1v) is 6.22. The van der Waals surface area contributed by atoms with Crippen LogP contribution in [0.2, 0.25) is 0 Å². The van der Waals surface area contributed by atoms with Gasteiger partial charge in [0.1, 0.15) is 6.54 Å². The van der Waals surface area contributed by atoms with Crippen molar-refractivity contribution in [3.8, 4) is 0 Å². The fourth-order valence-electron chi connectivity index (χ4n) is 2.05. The Kier molecular flexibility index (Phi) is 6.28. The molecule has 16 heavy (non-hydrogen) atoms. The molecule has 1 heterocycles. The lowest BCUT2D eigenvalue weighted by Gasteiger charge is -2.28. The van der Waals surface area contributed by atoms with Crippen molar-refractivity contribution in [3.63, 3.8) is 0 Å². The molecule has 1 aliphatic rings. The third kappa shape index (κ3) is 5.25. The summed E-state index contributed by atoms with van der Waals surface area (Å²) in [7, 11) is 3.96. The standard InChI is InChI=1S/C12H26NO3/c1-12(14-3)16-11-10-15-9-8-13(2)6-4-5-7-13/h12H,4-11H2,1-3H3/q+1. The Morgan fingerprint density at radius 3 is 2.44 bits per heavy atom. The van der Waals surface area contributed by atoms with Gasteiger partial charge in [-0.15, -0.1) is 0 Å². The number of likely N-dealkylation sites (N-methyl/N-ethyl adjacent to an activating group) is 1. The molecule has 1 unspecified atom stereocenters. The first-order valence-electron chi connectivity index (χ1n) is 6.22. The maximum Gasteiger partial charge on any atom is 0.154 e. The summed E-state index contributed by atoms with van der Waals surface area (Å²) in [5.41, 5.74) is 0. The van der Waals surface area contributed by atoms with Crippen LogP contribution in [0.3, 0.4) is 0 Å². The molecule has 0 aromatic carbocycles. The Balaban J connectivity index is 1.91. The summed E-state index contributed by atoms with van der Waals surface area (Å²) >= 11 is 0. The lowest BCUT2D eigenvalue weighted by molar-refractivity contribution is -0.898. The van der Waals surface area contributed by atoms with Gasteiger partial charge in [-0.3, -0.25) is 0 Å².